The first-order valence-corrected chi connectivity index (χ1v) is 6.01. The standard InChI is InChI=1S/C11H16F3NO2/c12-11(13,14)9-5-2-1-4-8(9)10(16)15-6-3-7-17-15/h8-9H,1-7H2. The Balaban J connectivity index is 2.07. The predicted octanol–water partition coefficient (Wildman–Crippen LogP) is 2.52. The Morgan fingerprint density at radius 1 is 1.18 bits per heavy atom. The van der Waals surface area contributed by atoms with Crippen LogP contribution >= 0.6 is 0 Å². The highest BCUT2D eigenvalue weighted by Crippen LogP contribution is 2.42. The van der Waals surface area contributed by atoms with E-state index in [1.165, 1.54) is 0 Å². The van der Waals surface area contributed by atoms with Crippen LogP contribution in [0.15, 0.2) is 0 Å². The van der Waals surface area contributed by atoms with Gasteiger partial charge < -0.3 is 0 Å². The Morgan fingerprint density at radius 2 is 1.88 bits per heavy atom. The molecule has 2 atom stereocenters. The SMILES string of the molecule is O=C(C1CCCCC1C(F)(F)F)N1CCCO1. The summed E-state index contributed by atoms with van der Waals surface area (Å²) in [5.41, 5.74) is 0. The Labute approximate surface area is 97.9 Å². The molecule has 0 bridgehead atoms. The van der Waals surface area contributed by atoms with E-state index in [1.807, 2.05) is 0 Å². The van der Waals surface area contributed by atoms with Crippen LogP contribution in [0.4, 0.5) is 13.2 Å². The topological polar surface area (TPSA) is 29.5 Å². The van der Waals surface area contributed by atoms with Gasteiger partial charge in [0, 0.05) is 0 Å². The van der Waals surface area contributed by atoms with E-state index in [2.05, 4.69) is 0 Å². The highest BCUT2D eigenvalue weighted by molar-refractivity contribution is 5.78. The van der Waals surface area contributed by atoms with Gasteiger partial charge in [-0.1, -0.05) is 12.8 Å². The number of carbonyl (C=O) groups excluding carboxylic acids is 1. The van der Waals surface area contributed by atoms with E-state index in [0.717, 1.165) is 5.06 Å². The molecule has 1 heterocycles. The van der Waals surface area contributed by atoms with Crippen molar-refractivity contribution in [1.29, 1.82) is 0 Å². The van der Waals surface area contributed by atoms with E-state index in [0.29, 0.717) is 38.8 Å². The Morgan fingerprint density at radius 3 is 2.47 bits per heavy atom. The molecule has 1 amide bonds. The average Bonchev–Trinajstić information content (AvgIpc) is 2.80. The second-order valence-electron chi connectivity index (χ2n) is 4.67. The highest BCUT2D eigenvalue weighted by atomic mass is 19.4. The summed E-state index contributed by atoms with van der Waals surface area (Å²) in [6, 6.07) is 0. The van der Waals surface area contributed by atoms with Crippen molar-refractivity contribution in [2.24, 2.45) is 11.8 Å². The van der Waals surface area contributed by atoms with Gasteiger partial charge in [-0.2, -0.15) is 13.2 Å². The van der Waals surface area contributed by atoms with Gasteiger partial charge in [0.1, 0.15) is 0 Å². The predicted molar refractivity (Wildman–Crippen MR) is 53.8 cm³/mol. The van der Waals surface area contributed by atoms with Gasteiger partial charge >= 0.3 is 6.18 Å². The number of carbonyl (C=O) groups is 1. The van der Waals surface area contributed by atoms with Gasteiger partial charge in [0.25, 0.3) is 0 Å². The fraction of sp³-hybridized carbons (Fsp3) is 0.909. The van der Waals surface area contributed by atoms with Crippen molar-refractivity contribution in [3.63, 3.8) is 0 Å². The molecular weight excluding hydrogens is 235 g/mol. The molecule has 0 aromatic carbocycles. The Hall–Kier alpha value is -0.780. The number of hydrogen-bond acceptors (Lipinski definition) is 2. The van der Waals surface area contributed by atoms with E-state index in [4.69, 9.17) is 4.84 Å². The van der Waals surface area contributed by atoms with Crippen LogP contribution in [0.25, 0.3) is 0 Å². The van der Waals surface area contributed by atoms with Crippen molar-refractivity contribution in [1.82, 2.24) is 5.06 Å². The first kappa shape index (κ1) is 12.7. The van der Waals surface area contributed by atoms with E-state index >= 15 is 0 Å². The quantitative estimate of drug-likeness (QED) is 0.716. The van der Waals surface area contributed by atoms with Crippen molar-refractivity contribution in [2.45, 2.75) is 38.3 Å². The third kappa shape index (κ3) is 2.73. The van der Waals surface area contributed by atoms with Crippen LogP contribution in [-0.2, 0) is 9.63 Å². The van der Waals surface area contributed by atoms with E-state index in [9.17, 15) is 18.0 Å². The Kier molecular flexibility index (Phi) is 3.61. The zero-order valence-electron chi connectivity index (χ0n) is 9.50. The summed E-state index contributed by atoms with van der Waals surface area (Å²) in [5.74, 6) is -2.92. The fourth-order valence-corrected chi connectivity index (χ4v) is 2.62. The summed E-state index contributed by atoms with van der Waals surface area (Å²) in [7, 11) is 0. The molecule has 0 spiro atoms. The van der Waals surface area contributed by atoms with Gasteiger partial charge in [-0.15, -0.1) is 0 Å². The van der Waals surface area contributed by atoms with Gasteiger partial charge in [-0.05, 0) is 19.3 Å². The number of nitrogens with zero attached hydrogens (tertiary/aromatic N) is 1. The highest BCUT2D eigenvalue weighted by Gasteiger charge is 2.49. The van der Waals surface area contributed by atoms with Crippen LogP contribution in [-0.4, -0.2) is 30.3 Å². The first-order valence-electron chi connectivity index (χ1n) is 6.01. The lowest BCUT2D eigenvalue weighted by molar-refractivity contribution is -0.212. The average molecular weight is 251 g/mol. The third-order valence-corrected chi connectivity index (χ3v) is 3.50. The molecule has 1 aliphatic heterocycles. The molecule has 6 heteroatoms. The van der Waals surface area contributed by atoms with Gasteiger partial charge in [0.2, 0.25) is 5.91 Å². The fourth-order valence-electron chi connectivity index (χ4n) is 2.62. The largest absolute Gasteiger partial charge is 0.392 e. The molecule has 0 radical (unpaired) electrons. The monoisotopic (exact) mass is 251 g/mol. The molecule has 0 N–H and O–H groups in total. The minimum absolute atomic E-state index is 0.0632. The van der Waals surface area contributed by atoms with Gasteiger partial charge in [0.15, 0.2) is 0 Å². The second-order valence-corrected chi connectivity index (χ2v) is 4.67. The molecule has 3 nitrogen and oxygen atoms in total. The molecule has 1 saturated carbocycles. The van der Waals surface area contributed by atoms with Crippen LogP contribution in [0.3, 0.4) is 0 Å². The molecule has 2 rings (SSSR count). The number of alkyl halides is 3. The van der Waals surface area contributed by atoms with Crippen LogP contribution in [0.1, 0.15) is 32.1 Å². The van der Waals surface area contributed by atoms with Gasteiger partial charge in [-0.25, -0.2) is 5.06 Å². The van der Waals surface area contributed by atoms with E-state index in [1.54, 1.807) is 0 Å². The summed E-state index contributed by atoms with van der Waals surface area (Å²) < 4.78 is 38.5. The smallest absolute Gasteiger partial charge is 0.272 e. The van der Waals surface area contributed by atoms with E-state index < -0.39 is 23.9 Å². The summed E-state index contributed by atoms with van der Waals surface area (Å²) >= 11 is 0. The maximum atomic E-state index is 12.8. The molecule has 2 fully saturated rings. The number of hydroxylamine groups is 2. The molecular formula is C11H16F3NO2. The maximum Gasteiger partial charge on any atom is 0.392 e. The van der Waals surface area contributed by atoms with Crippen LogP contribution in [0.5, 0.6) is 0 Å². The molecule has 2 unspecified atom stereocenters. The molecule has 0 aromatic rings. The zero-order chi connectivity index (χ0) is 12.5. The molecule has 98 valence electrons. The summed E-state index contributed by atoms with van der Waals surface area (Å²) in [5, 5.41) is 1.12. The summed E-state index contributed by atoms with van der Waals surface area (Å²) in [6.07, 6.45) is -1.95. The molecule has 1 aliphatic carbocycles. The molecule has 17 heavy (non-hydrogen) atoms. The number of rotatable bonds is 1. The van der Waals surface area contributed by atoms with Crippen molar-refractivity contribution in [2.75, 3.05) is 13.2 Å². The Bertz CT molecular complexity index is 287. The molecule has 2 aliphatic rings. The lowest BCUT2D eigenvalue weighted by atomic mass is 9.78. The van der Waals surface area contributed by atoms with Crippen molar-refractivity contribution >= 4 is 5.91 Å². The number of hydrogen-bond donors (Lipinski definition) is 0. The first-order chi connectivity index (χ1) is 8.00. The maximum absolute atomic E-state index is 12.8. The normalized spacial score (nSPS) is 30.6. The molecule has 1 saturated heterocycles. The lowest BCUT2D eigenvalue weighted by Crippen LogP contribution is -2.43. The van der Waals surface area contributed by atoms with Crippen LogP contribution < -0.4 is 0 Å². The van der Waals surface area contributed by atoms with Crippen molar-refractivity contribution < 1.29 is 22.8 Å². The third-order valence-electron chi connectivity index (χ3n) is 3.50. The van der Waals surface area contributed by atoms with Crippen LogP contribution in [0.2, 0.25) is 0 Å². The summed E-state index contributed by atoms with van der Waals surface area (Å²) in [4.78, 5) is 17.0. The minimum Gasteiger partial charge on any atom is -0.272 e. The van der Waals surface area contributed by atoms with Gasteiger partial charge in [0.05, 0.1) is 25.0 Å². The molecule has 0 aromatic heterocycles. The number of amides is 1. The number of halogens is 3. The van der Waals surface area contributed by atoms with E-state index in [-0.39, 0.29) is 6.42 Å². The lowest BCUT2D eigenvalue weighted by Gasteiger charge is -2.33. The second kappa shape index (κ2) is 4.84. The van der Waals surface area contributed by atoms with Gasteiger partial charge in [-0.3, -0.25) is 9.63 Å². The summed E-state index contributed by atoms with van der Waals surface area (Å²) in [6.45, 7) is 0.842. The minimum atomic E-state index is -4.28. The van der Waals surface area contributed by atoms with Crippen LogP contribution in [0, 0.1) is 11.8 Å². The zero-order valence-corrected chi connectivity index (χ0v) is 9.50. The van der Waals surface area contributed by atoms with Crippen molar-refractivity contribution in [3.8, 4) is 0 Å². The van der Waals surface area contributed by atoms with Crippen molar-refractivity contribution in [3.05, 3.63) is 0 Å².